The van der Waals surface area contributed by atoms with Crippen LogP contribution in [0.2, 0.25) is 5.02 Å². The minimum atomic E-state index is -0.546. The van der Waals surface area contributed by atoms with E-state index >= 15 is 0 Å². The number of rotatable bonds is 7. The second kappa shape index (κ2) is 13.5. The maximum atomic E-state index is 13.6. The highest BCUT2D eigenvalue weighted by Crippen LogP contribution is 2.26. The molecule has 0 bridgehead atoms. The molecule has 2 aromatic rings. The summed E-state index contributed by atoms with van der Waals surface area (Å²) in [5, 5.41) is 19.0. The number of benzene rings is 1. The van der Waals surface area contributed by atoms with Gasteiger partial charge >= 0.3 is 0 Å². The van der Waals surface area contributed by atoms with Gasteiger partial charge in [0.05, 0.1) is 27.7 Å². The molecule has 0 spiro atoms. The van der Waals surface area contributed by atoms with E-state index in [-0.39, 0.29) is 17.4 Å². The van der Waals surface area contributed by atoms with Gasteiger partial charge in [0.25, 0.3) is 0 Å². The van der Waals surface area contributed by atoms with Crippen molar-refractivity contribution >= 4 is 28.9 Å². The number of aromatic nitrogens is 1. The number of hydrogen-bond acceptors (Lipinski definition) is 7. The van der Waals surface area contributed by atoms with Crippen LogP contribution >= 0.6 is 11.6 Å². The van der Waals surface area contributed by atoms with Crippen molar-refractivity contribution < 1.29 is 13.9 Å². The molecule has 0 atom stereocenters. The number of ether oxygens (including phenoxy) is 1. The topological polar surface area (TPSA) is 111 Å². The van der Waals surface area contributed by atoms with Crippen molar-refractivity contribution in [3.63, 3.8) is 0 Å². The van der Waals surface area contributed by atoms with Crippen LogP contribution in [0.5, 0.6) is 5.75 Å². The summed E-state index contributed by atoms with van der Waals surface area (Å²) in [7, 11) is 0. The van der Waals surface area contributed by atoms with Crippen LogP contribution in [0.4, 0.5) is 10.1 Å². The van der Waals surface area contributed by atoms with Crippen LogP contribution in [0.15, 0.2) is 94.4 Å². The SMILES string of the molecule is CC/C(NC(=O)C=C1CCNCC1)=C(\C=C1/CC(=Nc2ccc(F)c(Cl)c2)C(C#N)=CN1)Oc1ccncc1. The van der Waals surface area contributed by atoms with Crippen molar-refractivity contribution in [3.05, 3.63) is 100 Å². The van der Waals surface area contributed by atoms with Crippen LogP contribution in [0.25, 0.3) is 0 Å². The summed E-state index contributed by atoms with van der Waals surface area (Å²) in [5.41, 5.74) is 3.62. The Kier molecular flexibility index (Phi) is 9.62. The Morgan fingerprint density at radius 2 is 2.03 bits per heavy atom. The maximum Gasteiger partial charge on any atom is 0.248 e. The van der Waals surface area contributed by atoms with Crippen molar-refractivity contribution in [2.45, 2.75) is 32.6 Å². The third-order valence-electron chi connectivity index (χ3n) is 6.05. The van der Waals surface area contributed by atoms with E-state index in [1.165, 1.54) is 18.2 Å². The largest absolute Gasteiger partial charge is 0.455 e. The molecule has 1 aromatic heterocycles. The first-order chi connectivity index (χ1) is 18.9. The molecular weight excluding hydrogens is 519 g/mol. The van der Waals surface area contributed by atoms with Gasteiger partial charge in [-0.1, -0.05) is 24.1 Å². The molecule has 0 radical (unpaired) electrons. The van der Waals surface area contributed by atoms with Crippen LogP contribution in [0.3, 0.4) is 0 Å². The Bertz CT molecular complexity index is 1410. The van der Waals surface area contributed by atoms with E-state index < -0.39 is 5.82 Å². The van der Waals surface area contributed by atoms with Crippen molar-refractivity contribution in [1.29, 1.82) is 5.26 Å². The molecule has 1 saturated heterocycles. The molecular formula is C29H28ClFN6O2. The standard InChI is InChI=1S/C29H28ClFN6O2/c1-2-26(37-29(38)13-19-5-9-33-10-6-19)28(39-23-7-11-34-12-8-23)16-22-15-27(20(17-32)18-35-22)36-21-3-4-25(31)24(30)14-21/h3-4,7-8,11-14,16,18,33,35H,2,5-6,9-10,15H2,1H3,(H,37,38)/b22-16+,28-26-,36-27?. The third kappa shape index (κ3) is 7.87. The van der Waals surface area contributed by atoms with E-state index in [1.807, 2.05) is 6.92 Å². The first-order valence-corrected chi connectivity index (χ1v) is 13.0. The van der Waals surface area contributed by atoms with E-state index in [9.17, 15) is 14.4 Å². The Balaban J connectivity index is 1.67. The molecule has 2 aliphatic rings. The predicted octanol–water partition coefficient (Wildman–Crippen LogP) is 5.36. The molecule has 3 heterocycles. The van der Waals surface area contributed by atoms with E-state index in [4.69, 9.17) is 16.3 Å². The number of allylic oxidation sites excluding steroid dienone is 4. The van der Waals surface area contributed by atoms with Crippen LogP contribution in [-0.2, 0) is 4.79 Å². The quantitative estimate of drug-likeness (QED) is 0.318. The summed E-state index contributed by atoms with van der Waals surface area (Å²) in [4.78, 5) is 21.4. The molecule has 1 aromatic carbocycles. The number of aliphatic imine (C=N–C) groups is 1. The fourth-order valence-electron chi connectivity index (χ4n) is 4.03. The summed E-state index contributed by atoms with van der Waals surface area (Å²) in [6, 6.07) is 9.70. The number of piperidine rings is 1. The third-order valence-corrected chi connectivity index (χ3v) is 6.34. The second-order valence-electron chi connectivity index (χ2n) is 8.84. The predicted molar refractivity (Wildman–Crippen MR) is 149 cm³/mol. The number of halogens is 2. The zero-order valence-electron chi connectivity index (χ0n) is 21.4. The summed E-state index contributed by atoms with van der Waals surface area (Å²) >= 11 is 5.91. The summed E-state index contributed by atoms with van der Waals surface area (Å²) in [5.74, 6) is 0.223. The zero-order valence-corrected chi connectivity index (χ0v) is 22.2. The minimum Gasteiger partial charge on any atom is -0.455 e. The molecule has 1 fully saturated rings. The molecule has 39 heavy (non-hydrogen) atoms. The number of nitriles is 1. The van der Waals surface area contributed by atoms with Gasteiger partial charge in [0.1, 0.15) is 23.4 Å². The smallest absolute Gasteiger partial charge is 0.248 e. The van der Waals surface area contributed by atoms with Crippen molar-refractivity contribution in [2.75, 3.05) is 13.1 Å². The highest BCUT2D eigenvalue weighted by Gasteiger charge is 2.18. The summed E-state index contributed by atoms with van der Waals surface area (Å²) in [6.45, 7) is 3.64. The Morgan fingerprint density at radius 3 is 2.72 bits per heavy atom. The molecule has 3 N–H and O–H groups in total. The van der Waals surface area contributed by atoms with Crippen molar-refractivity contribution in [2.24, 2.45) is 4.99 Å². The van der Waals surface area contributed by atoms with Crippen molar-refractivity contribution in [3.8, 4) is 11.8 Å². The average Bonchev–Trinajstić information content (AvgIpc) is 2.95. The molecule has 8 nitrogen and oxygen atoms in total. The van der Waals surface area contributed by atoms with Gasteiger partial charge < -0.3 is 20.7 Å². The van der Waals surface area contributed by atoms with E-state index in [2.05, 4.69) is 32.0 Å². The fourth-order valence-corrected chi connectivity index (χ4v) is 4.21. The summed E-state index contributed by atoms with van der Waals surface area (Å²) in [6.07, 6.45) is 10.6. The number of carbonyl (C=O) groups excluding carboxylic acids is 1. The molecule has 4 rings (SSSR count). The molecule has 10 heteroatoms. The lowest BCUT2D eigenvalue weighted by molar-refractivity contribution is -0.116. The van der Waals surface area contributed by atoms with Gasteiger partial charge in [0, 0.05) is 42.9 Å². The lowest BCUT2D eigenvalue weighted by atomic mass is 10.0. The molecule has 200 valence electrons. The lowest BCUT2D eigenvalue weighted by Crippen LogP contribution is -2.27. The first-order valence-electron chi connectivity index (χ1n) is 12.6. The van der Waals surface area contributed by atoms with Gasteiger partial charge in [0.15, 0.2) is 0 Å². The fraction of sp³-hybridized carbons (Fsp3) is 0.241. The Hall–Kier alpha value is -4.26. The molecule has 1 amide bonds. The zero-order chi connectivity index (χ0) is 27.6. The second-order valence-corrected chi connectivity index (χ2v) is 9.25. The van der Waals surface area contributed by atoms with Crippen LogP contribution in [-0.4, -0.2) is 29.7 Å². The van der Waals surface area contributed by atoms with E-state index in [0.29, 0.717) is 46.3 Å². The van der Waals surface area contributed by atoms with Crippen LogP contribution < -0.4 is 20.7 Å². The summed E-state index contributed by atoms with van der Waals surface area (Å²) < 4.78 is 19.8. The highest BCUT2D eigenvalue weighted by molar-refractivity contribution is 6.31. The number of nitrogens with zero attached hydrogens (tertiary/aromatic N) is 3. The lowest BCUT2D eigenvalue weighted by Gasteiger charge is -2.19. The monoisotopic (exact) mass is 546 g/mol. The van der Waals surface area contributed by atoms with Gasteiger partial charge in [-0.25, -0.2) is 4.39 Å². The van der Waals surface area contributed by atoms with Gasteiger partial charge in [-0.2, -0.15) is 5.26 Å². The van der Waals surface area contributed by atoms with Crippen LogP contribution in [0, 0.1) is 17.1 Å². The Morgan fingerprint density at radius 1 is 1.26 bits per heavy atom. The van der Waals surface area contributed by atoms with Gasteiger partial charge in [-0.15, -0.1) is 0 Å². The molecule has 0 saturated carbocycles. The number of carbonyl (C=O) groups is 1. The van der Waals surface area contributed by atoms with E-state index in [0.717, 1.165) is 31.5 Å². The highest BCUT2D eigenvalue weighted by atomic mass is 35.5. The normalized spacial score (nSPS) is 18.0. The molecule has 0 aliphatic carbocycles. The van der Waals surface area contributed by atoms with Crippen molar-refractivity contribution in [1.82, 2.24) is 20.9 Å². The minimum absolute atomic E-state index is 0.0530. The van der Waals surface area contributed by atoms with Gasteiger partial charge in [-0.05, 0) is 62.7 Å². The number of pyridine rings is 1. The van der Waals surface area contributed by atoms with Gasteiger partial charge in [0.2, 0.25) is 5.91 Å². The Labute approximate surface area is 231 Å². The number of amides is 1. The number of hydrogen-bond donors (Lipinski definition) is 3. The average molecular weight is 547 g/mol. The van der Waals surface area contributed by atoms with Crippen LogP contribution in [0.1, 0.15) is 32.6 Å². The molecule has 2 aliphatic heterocycles. The maximum absolute atomic E-state index is 13.6. The van der Waals surface area contributed by atoms with E-state index in [1.54, 1.807) is 42.9 Å². The number of nitrogens with one attached hydrogen (secondary N) is 3. The molecule has 0 unspecified atom stereocenters. The first kappa shape index (κ1) is 27.8. The van der Waals surface area contributed by atoms with Gasteiger partial charge in [-0.3, -0.25) is 14.8 Å².